The van der Waals surface area contributed by atoms with E-state index in [0.29, 0.717) is 11.7 Å². The van der Waals surface area contributed by atoms with E-state index in [1.54, 1.807) is 18.4 Å². The predicted molar refractivity (Wildman–Crippen MR) is 116 cm³/mol. The molecule has 0 unspecified atom stereocenters. The highest BCUT2D eigenvalue weighted by molar-refractivity contribution is 7.99. The van der Waals surface area contributed by atoms with Crippen molar-refractivity contribution in [3.05, 3.63) is 46.2 Å². The average molecular weight is 416 g/mol. The van der Waals surface area contributed by atoms with E-state index in [0.717, 1.165) is 40.1 Å². The van der Waals surface area contributed by atoms with Crippen molar-refractivity contribution in [2.45, 2.75) is 38.9 Å². The van der Waals surface area contributed by atoms with Crippen LogP contribution in [0.3, 0.4) is 0 Å². The molecule has 2 heterocycles. The van der Waals surface area contributed by atoms with E-state index in [-0.39, 0.29) is 5.78 Å². The number of benzene rings is 1. The zero-order valence-corrected chi connectivity index (χ0v) is 18.3. The molecule has 0 saturated carbocycles. The van der Waals surface area contributed by atoms with Gasteiger partial charge in [-0.05, 0) is 48.7 Å². The number of nitrogens with zero attached hydrogens (tertiary/aromatic N) is 3. The fourth-order valence-corrected chi connectivity index (χ4v) is 4.61. The first kappa shape index (κ1) is 20.6. The fourth-order valence-electron chi connectivity index (χ4n) is 2.80. The lowest BCUT2D eigenvalue weighted by Crippen LogP contribution is -2.09. The molecule has 3 aromatic rings. The first-order chi connectivity index (χ1) is 13.5. The molecule has 148 valence electrons. The molecule has 0 aliphatic heterocycles. The van der Waals surface area contributed by atoms with Gasteiger partial charge in [0.15, 0.2) is 16.8 Å². The molecule has 0 aliphatic carbocycles. The van der Waals surface area contributed by atoms with Crippen molar-refractivity contribution in [3.63, 3.8) is 0 Å². The summed E-state index contributed by atoms with van der Waals surface area (Å²) < 4.78 is 7.35. The smallest absolute Gasteiger partial charge is 0.191 e. The Hall–Kier alpha value is -2.12. The maximum atomic E-state index is 12.5. The van der Waals surface area contributed by atoms with Crippen LogP contribution in [-0.4, -0.2) is 33.4 Å². The van der Waals surface area contributed by atoms with E-state index in [9.17, 15) is 4.79 Å². The molecule has 0 radical (unpaired) electrons. The Kier molecular flexibility index (Phi) is 6.91. The molecule has 7 heteroatoms. The highest BCUT2D eigenvalue weighted by Gasteiger charge is 2.18. The Morgan fingerprint density at radius 1 is 1.18 bits per heavy atom. The summed E-state index contributed by atoms with van der Waals surface area (Å²) in [5.74, 6) is 2.56. The molecular weight excluding hydrogens is 390 g/mol. The van der Waals surface area contributed by atoms with Gasteiger partial charge in [-0.1, -0.05) is 32.5 Å². The zero-order valence-electron chi connectivity index (χ0n) is 16.6. The Labute approximate surface area is 174 Å². The molecule has 1 aromatic carbocycles. The summed E-state index contributed by atoms with van der Waals surface area (Å²) in [6, 6.07) is 11.8. The maximum absolute atomic E-state index is 12.5. The van der Waals surface area contributed by atoms with Gasteiger partial charge in [-0.25, -0.2) is 0 Å². The van der Waals surface area contributed by atoms with Crippen LogP contribution in [-0.2, 0) is 13.0 Å². The summed E-state index contributed by atoms with van der Waals surface area (Å²) in [5.41, 5.74) is 0.984. The number of hydrogen-bond donors (Lipinski definition) is 0. The van der Waals surface area contributed by atoms with Gasteiger partial charge >= 0.3 is 0 Å². The van der Waals surface area contributed by atoms with Crippen molar-refractivity contribution in [1.29, 1.82) is 0 Å². The predicted octanol–water partition coefficient (Wildman–Crippen LogP) is 5.21. The number of hydrogen-bond acceptors (Lipinski definition) is 6. The monoisotopic (exact) mass is 415 g/mol. The molecule has 0 atom stereocenters. The number of ether oxygens (including phenoxy) is 1. The summed E-state index contributed by atoms with van der Waals surface area (Å²) in [7, 11) is 1.65. The van der Waals surface area contributed by atoms with Crippen molar-refractivity contribution in [1.82, 2.24) is 14.8 Å². The summed E-state index contributed by atoms with van der Waals surface area (Å²) in [4.78, 5) is 14.6. The molecule has 0 saturated heterocycles. The zero-order chi connectivity index (χ0) is 20.1. The lowest BCUT2D eigenvalue weighted by Gasteiger charge is -2.12. The largest absolute Gasteiger partial charge is 0.497 e. The Bertz CT molecular complexity index is 930. The standard InChI is InChI=1S/C21H25N3O2S2/c1-5-17-10-11-19(28-17)18(25)13-27-21-23-22-20(24(21)12-14(2)3)15-6-8-16(26-4)9-7-15/h6-11,14H,5,12-13H2,1-4H3. The molecule has 0 aliphatic rings. The van der Waals surface area contributed by atoms with Crippen LogP contribution in [0, 0.1) is 5.92 Å². The number of rotatable bonds is 9. The summed E-state index contributed by atoms with van der Waals surface area (Å²) in [5, 5.41) is 9.55. The number of thiophene rings is 1. The van der Waals surface area contributed by atoms with E-state index >= 15 is 0 Å². The van der Waals surface area contributed by atoms with Gasteiger partial charge in [-0.3, -0.25) is 4.79 Å². The number of carbonyl (C=O) groups excluding carboxylic acids is 1. The van der Waals surface area contributed by atoms with Gasteiger partial charge in [0.2, 0.25) is 0 Å². The van der Waals surface area contributed by atoms with Gasteiger partial charge in [0.25, 0.3) is 0 Å². The minimum atomic E-state index is 0.139. The van der Waals surface area contributed by atoms with Crippen LogP contribution < -0.4 is 4.74 Å². The first-order valence-corrected chi connectivity index (χ1v) is 11.1. The Morgan fingerprint density at radius 2 is 1.93 bits per heavy atom. The van der Waals surface area contributed by atoms with Gasteiger partial charge in [0, 0.05) is 17.0 Å². The summed E-state index contributed by atoms with van der Waals surface area (Å²) >= 11 is 3.03. The molecule has 28 heavy (non-hydrogen) atoms. The van der Waals surface area contributed by atoms with Crippen LogP contribution in [0.15, 0.2) is 41.6 Å². The molecule has 0 fully saturated rings. The number of aryl methyl sites for hydroxylation is 1. The summed E-state index contributed by atoms with van der Waals surface area (Å²) in [6.45, 7) is 7.22. The first-order valence-electron chi connectivity index (χ1n) is 9.34. The quantitative estimate of drug-likeness (QED) is 0.355. The van der Waals surface area contributed by atoms with E-state index in [1.165, 1.54) is 16.6 Å². The van der Waals surface area contributed by atoms with E-state index < -0.39 is 0 Å². The third-order valence-corrected chi connectivity index (χ3v) is 6.47. The van der Waals surface area contributed by atoms with Crippen LogP contribution >= 0.6 is 23.1 Å². The minimum absolute atomic E-state index is 0.139. The molecule has 0 spiro atoms. The third-order valence-electron chi connectivity index (χ3n) is 4.23. The topological polar surface area (TPSA) is 57.0 Å². The van der Waals surface area contributed by atoms with E-state index in [4.69, 9.17) is 4.74 Å². The van der Waals surface area contributed by atoms with Crippen LogP contribution in [0.1, 0.15) is 35.3 Å². The SMILES string of the molecule is CCc1ccc(C(=O)CSc2nnc(-c3ccc(OC)cc3)n2CC(C)C)s1. The normalized spacial score (nSPS) is 11.2. The second kappa shape index (κ2) is 9.39. The van der Waals surface area contributed by atoms with E-state index in [1.807, 2.05) is 36.4 Å². The lowest BCUT2D eigenvalue weighted by molar-refractivity contribution is 0.102. The van der Waals surface area contributed by atoms with Crippen LogP contribution in [0.5, 0.6) is 5.75 Å². The number of thioether (sulfide) groups is 1. The molecule has 0 amide bonds. The summed E-state index contributed by atoms with van der Waals surface area (Å²) in [6.07, 6.45) is 0.957. The number of ketones is 1. The number of aromatic nitrogens is 3. The number of Topliss-reactive ketones (excluding diaryl/α,β-unsaturated/α-hetero) is 1. The second-order valence-electron chi connectivity index (χ2n) is 6.87. The van der Waals surface area contributed by atoms with Gasteiger partial charge in [-0.2, -0.15) is 0 Å². The van der Waals surface area contributed by atoms with Gasteiger partial charge < -0.3 is 9.30 Å². The average Bonchev–Trinajstić information content (AvgIpc) is 3.33. The fraction of sp³-hybridized carbons (Fsp3) is 0.381. The van der Waals surface area contributed by atoms with Gasteiger partial charge in [-0.15, -0.1) is 21.5 Å². The number of carbonyl (C=O) groups is 1. The molecule has 0 bridgehead atoms. The van der Waals surface area contributed by atoms with Crippen molar-refractivity contribution >= 4 is 28.9 Å². The Balaban J connectivity index is 1.80. The molecular formula is C21H25N3O2S2. The lowest BCUT2D eigenvalue weighted by atomic mass is 10.2. The highest BCUT2D eigenvalue weighted by Crippen LogP contribution is 2.28. The van der Waals surface area contributed by atoms with E-state index in [2.05, 4.69) is 35.5 Å². The third kappa shape index (κ3) is 4.83. The van der Waals surface area contributed by atoms with Gasteiger partial charge in [0.05, 0.1) is 17.7 Å². The van der Waals surface area contributed by atoms with Crippen LogP contribution in [0.2, 0.25) is 0 Å². The van der Waals surface area contributed by atoms with Gasteiger partial charge in [0.1, 0.15) is 5.75 Å². The van der Waals surface area contributed by atoms with Crippen molar-refractivity contribution in [3.8, 4) is 17.1 Å². The van der Waals surface area contributed by atoms with Crippen LogP contribution in [0.4, 0.5) is 0 Å². The van der Waals surface area contributed by atoms with Crippen molar-refractivity contribution in [2.24, 2.45) is 5.92 Å². The molecule has 3 rings (SSSR count). The van der Waals surface area contributed by atoms with Crippen LogP contribution in [0.25, 0.3) is 11.4 Å². The highest BCUT2D eigenvalue weighted by atomic mass is 32.2. The number of methoxy groups -OCH3 is 1. The molecule has 0 N–H and O–H groups in total. The maximum Gasteiger partial charge on any atom is 0.191 e. The second-order valence-corrected chi connectivity index (χ2v) is 8.98. The van der Waals surface area contributed by atoms with Crippen molar-refractivity contribution in [2.75, 3.05) is 12.9 Å². The molecule has 2 aromatic heterocycles. The Morgan fingerprint density at radius 3 is 2.54 bits per heavy atom. The van der Waals surface area contributed by atoms with Crippen molar-refractivity contribution < 1.29 is 9.53 Å². The minimum Gasteiger partial charge on any atom is -0.497 e. The molecule has 5 nitrogen and oxygen atoms in total.